The van der Waals surface area contributed by atoms with Crippen molar-refractivity contribution in [2.75, 3.05) is 0 Å². The van der Waals surface area contributed by atoms with Crippen molar-refractivity contribution in [1.29, 1.82) is 0 Å². The molecule has 0 aromatic heterocycles. The third kappa shape index (κ3) is 1.43. The molecule has 2 nitrogen and oxygen atoms in total. The molecule has 0 heterocycles. The number of Topliss-reactive ketones (excluding diaryl/α,β-unsaturated/α-hetero) is 1. The smallest absolute Gasteiger partial charge is 0.142 e. The molecule has 0 saturated heterocycles. The molecule has 1 aliphatic rings. The summed E-state index contributed by atoms with van der Waals surface area (Å²) in [4.78, 5) is 22.2. The van der Waals surface area contributed by atoms with Gasteiger partial charge in [-0.25, -0.2) is 0 Å². The third-order valence-corrected chi connectivity index (χ3v) is 2.60. The summed E-state index contributed by atoms with van der Waals surface area (Å²) < 4.78 is 0. The van der Waals surface area contributed by atoms with Crippen molar-refractivity contribution >= 4 is 12.1 Å². The van der Waals surface area contributed by atoms with Gasteiger partial charge in [-0.3, -0.25) is 4.79 Å². The van der Waals surface area contributed by atoms with E-state index in [0.717, 1.165) is 12.7 Å². The molecule has 2 heteroatoms. The number of ketones is 1. The van der Waals surface area contributed by atoms with E-state index in [2.05, 4.69) is 0 Å². The molecule has 1 saturated carbocycles. The van der Waals surface area contributed by atoms with Crippen LogP contribution in [0.5, 0.6) is 0 Å². The molecular formula is C10H16O2. The first-order valence-corrected chi connectivity index (χ1v) is 4.32. The van der Waals surface area contributed by atoms with Gasteiger partial charge in [-0.05, 0) is 6.42 Å². The van der Waals surface area contributed by atoms with Gasteiger partial charge in [0.2, 0.25) is 0 Å². The summed E-state index contributed by atoms with van der Waals surface area (Å²) in [5.74, 6) is 0.201. The highest BCUT2D eigenvalue weighted by Crippen LogP contribution is 2.53. The maximum atomic E-state index is 11.6. The number of aldehydes is 1. The monoisotopic (exact) mass is 168 g/mol. The van der Waals surface area contributed by atoms with Crippen molar-refractivity contribution in [3.8, 4) is 0 Å². The molecule has 0 bridgehead atoms. The van der Waals surface area contributed by atoms with Crippen molar-refractivity contribution in [3.05, 3.63) is 0 Å². The first-order valence-electron chi connectivity index (χ1n) is 4.32. The van der Waals surface area contributed by atoms with Crippen LogP contribution in [0.1, 0.15) is 34.1 Å². The van der Waals surface area contributed by atoms with Crippen molar-refractivity contribution in [1.82, 2.24) is 0 Å². The normalized spacial score (nSPS) is 34.5. The lowest BCUT2D eigenvalue weighted by atomic mass is 9.86. The largest absolute Gasteiger partial charge is 0.303 e. The van der Waals surface area contributed by atoms with E-state index in [0.29, 0.717) is 0 Å². The molecule has 0 aromatic carbocycles. The summed E-state index contributed by atoms with van der Waals surface area (Å²) >= 11 is 0. The zero-order chi connectivity index (χ0) is 9.57. The maximum Gasteiger partial charge on any atom is 0.142 e. The number of carbonyl (C=O) groups excluding carboxylic acids is 2. The molecule has 2 atom stereocenters. The Morgan fingerprint density at radius 1 is 1.50 bits per heavy atom. The van der Waals surface area contributed by atoms with Crippen LogP contribution in [0.2, 0.25) is 0 Å². The van der Waals surface area contributed by atoms with Crippen molar-refractivity contribution < 1.29 is 9.59 Å². The van der Waals surface area contributed by atoms with E-state index >= 15 is 0 Å². The fraction of sp³-hybridized carbons (Fsp3) is 0.800. The van der Waals surface area contributed by atoms with Gasteiger partial charge in [-0.15, -0.1) is 0 Å². The van der Waals surface area contributed by atoms with Crippen LogP contribution in [0.25, 0.3) is 0 Å². The zero-order valence-electron chi connectivity index (χ0n) is 8.18. The Labute approximate surface area is 73.3 Å². The summed E-state index contributed by atoms with van der Waals surface area (Å²) in [6.45, 7) is 7.56. The second-order valence-corrected chi connectivity index (χ2v) is 4.99. The van der Waals surface area contributed by atoms with E-state index in [1.54, 1.807) is 0 Å². The maximum absolute atomic E-state index is 11.6. The minimum absolute atomic E-state index is 0.0185. The highest BCUT2D eigenvalue weighted by Gasteiger charge is 2.56. The van der Waals surface area contributed by atoms with Gasteiger partial charge in [0, 0.05) is 16.7 Å². The first kappa shape index (κ1) is 9.43. The Morgan fingerprint density at radius 2 is 2.00 bits per heavy atom. The van der Waals surface area contributed by atoms with Gasteiger partial charge in [0.15, 0.2) is 0 Å². The fourth-order valence-electron chi connectivity index (χ4n) is 1.43. The average Bonchev–Trinajstić information content (AvgIpc) is 2.60. The molecule has 0 radical (unpaired) electrons. The summed E-state index contributed by atoms with van der Waals surface area (Å²) in [5, 5.41) is 0. The van der Waals surface area contributed by atoms with E-state index in [9.17, 15) is 9.59 Å². The highest BCUT2D eigenvalue weighted by atomic mass is 16.1. The van der Waals surface area contributed by atoms with Gasteiger partial charge in [0.25, 0.3) is 0 Å². The molecule has 0 aromatic rings. The van der Waals surface area contributed by atoms with Crippen LogP contribution in [0.15, 0.2) is 0 Å². The summed E-state index contributed by atoms with van der Waals surface area (Å²) in [7, 11) is 0. The van der Waals surface area contributed by atoms with Gasteiger partial charge in [0.1, 0.15) is 12.1 Å². The fourth-order valence-corrected chi connectivity index (χ4v) is 1.43. The summed E-state index contributed by atoms with van der Waals surface area (Å²) in [6.07, 6.45) is 1.66. The number of hydrogen-bond acceptors (Lipinski definition) is 2. The van der Waals surface area contributed by atoms with Gasteiger partial charge in [0.05, 0.1) is 0 Å². The Hall–Kier alpha value is -0.660. The molecule has 0 aliphatic heterocycles. The van der Waals surface area contributed by atoms with E-state index in [1.165, 1.54) is 0 Å². The SMILES string of the molecule is CC(C)(C)C(=O)[C@H]1C[C@]1(C)C=O. The average molecular weight is 168 g/mol. The minimum atomic E-state index is -0.343. The van der Waals surface area contributed by atoms with Crippen molar-refractivity contribution in [2.45, 2.75) is 34.1 Å². The second kappa shape index (κ2) is 2.41. The van der Waals surface area contributed by atoms with Crippen LogP contribution in [-0.4, -0.2) is 12.1 Å². The molecule has 1 rings (SSSR count). The van der Waals surface area contributed by atoms with Crippen LogP contribution < -0.4 is 0 Å². The van der Waals surface area contributed by atoms with Crippen LogP contribution in [0, 0.1) is 16.7 Å². The van der Waals surface area contributed by atoms with E-state index in [-0.39, 0.29) is 22.5 Å². The Morgan fingerprint density at radius 3 is 2.25 bits per heavy atom. The zero-order valence-corrected chi connectivity index (χ0v) is 8.18. The number of hydrogen-bond donors (Lipinski definition) is 0. The van der Waals surface area contributed by atoms with Gasteiger partial charge in [-0.1, -0.05) is 27.7 Å². The standard InChI is InChI=1S/C10H16O2/c1-9(2,3)8(12)7-5-10(7,4)6-11/h6-7H,5H2,1-4H3/t7-,10-/m1/s1. The van der Waals surface area contributed by atoms with Crippen LogP contribution in [0.3, 0.4) is 0 Å². The predicted octanol–water partition coefficient (Wildman–Crippen LogP) is 1.83. The van der Waals surface area contributed by atoms with Gasteiger partial charge >= 0.3 is 0 Å². The quantitative estimate of drug-likeness (QED) is 0.589. The van der Waals surface area contributed by atoms with E-state index in [1.807, 2.05) is 27.7 Å². The summed E-state index contributed by atoms with van der Waals surface area (Å²) in [5.41, 5.74) is -0.643. The van der Waals surface area contributed by atoms with Crippen LogP contribution in [-0.2, 0) is 9.59 Å². The molecule has 12 heavy (non-hydrogen) atoms. The van der Waals surface area contributed by atoms with Crippen molar-refractivity contribution in [2.24, 2.45) is 16.7 Å². The van der Waals surface area contributed by atoms with Crippen LogP contribution >= 0.6 is 0 Å². The Bertz CT molecular complexity index is 224. The van der Waals surface area contributed by atoms with E-state index in [4.69, 9.17) is 0 Å². The van der Waals surface area contributed by atoms with Crippen LogP contribution in [0.4, 0.5) is 0 Å². The topological polar surface area (TPSA) is 34.1 Å². The highest BCUT2D eigenvalue weighted by molar-refractivity contribution is 5.93. The Balaban J connectivity index is 2.66. The first-order chi connectivity index (χ1) is 5.31. The molecule has 0 N–H and O–H groups in total. The predicted molar refractivity (Wildman–Crippen MR) is 46.7 cm³/mol. The third-order valence-electron chi connectivity index (χ3n) is 2.60. The second-order valence-electron chi connectivity index (χ2n) is 4.99. The van der Waals surface area contributed by atoms with E-state index < -0.39 is 0 Å². The lowest BCUT2D eigenvalue weighted by Crippen LogP contribution is -2.24. The van der Waals surface area contributed by atoms with Gasteiger partial charge < -0.3 is 4.79 Å². The lowest BCUT2D eigenvalue weighted by Gasteiger charge is -2.16. The molecule has 0 unspecified atom stereocenters. The van der Waals surface area contributed by atoms with Gasteiger partial charge in [-0.2, -0.15) is 0 Å². The van der Waals surface area contributed by atoms with Crippen molar-refractivity contribution in [3.63, 3.8) is 0 Å². The number of carbonyl (C=O) groups is 2. The number of rotatable bonds is 2. The molecule has 68 valence electrons. The summed E-state index contributed by atoms with van der Waals surface area (Å²) in [6, 6.07) is 0. The molecular weight excluding hydrogens is 152 g/mol. The molecule has 0 amide bonds. The molecule has 0 spiro atoms. The minimum Gasteiger partial charge on any atom is -0.303 e. The Kier molecular flexibility index (Phi) is 1.89. The molecule has 1 aliphatic carbocycles. The molecule has 1 fully saturated rings. The lowest BCUT2D eigenvalue weighted by molar-refractivity contribution is -0.129.